The maximum absolute atomic E-state index is 6.10. The van der Waals surface area contributed by atoms with E-state index in [2.05, 4.69) is 4.98 Å². The first-order valence-electron chi connectivity index (χ1n) is 5.76. The van der Waals surface area contributed by atoms with Crippen LogP contribution in [0.2, 0.25) is 5.02 Å². The number of hydrogen-bond donors (Lipinski definition) is 0. The van der Waals surface area contributed by atoms with E-state index in [0.29, 0.717) is 22.5 Å². The van der Waals surface area contributed by atoms with Gasteiger partial charge < -0.3 is 9.64 Å². The molecule has 0 amide bonds. The first-order valence-corrected chi connectivity index (χ1v) is 6.67. The summed E-state index contributed by atoms with van der Waals surface area (Å²) in [5.74, 6) is 1.45. The van der Waals surface area contributed by atoms with Gasteiger partial charge in [-0.3, -0.25) is 0 Å². The van der Waals surface area contributed by atoms with Crippen molar-refractivity contribution < 1.29 is 4.74 Å². The molecule has 5 heteroatoms. The minimum absolute atomic E-state index is 0.378. The van der Waals surface area contributed by atoms with E-state index >= 15 is 0 Å². The van der Waals surface area contributed by atoms with Crippen LogP contribution in [0.4, 0.5) is 5.69 Å². The molecule has 0 radical (unpaired) electrons. The van der Waals surface area contributed by atoms with Crippen molar-refractivity contribution in [2.45, 2.75) is 5.88 Å². The molecule has 0 saturated carbocycles. The van der Waals surface area contributed by atoms with Gasteiger partial charge >= 0.3 is 0 Å². The van der Waals surface area contributed by atoms with Gasteiger partial charge in [-0.05, 0) is 23.8 Å². The molecule has 2 rings (SSSR count). The number of pyridine rings is 1. The van der Waals surface area contributed by atoms with Crippen LogP contribution in [0.1, 0.15) is 5.56 Å². The topological polar surface area (TPSA) is 25.4 Å². The summed E-state index contributed by atoms with van der Waals surface area (Å²) in [5, 5.41) is 0.452. The molecule has 0 unspecified atom stereocenters. The molecule has 0 aliphatic carbocycles. The van der Waals surface area contributed by atoms with Gasteiger partial charge in [0.1, 0.15) is 10.8 Å². The highest BCUT2D eigenvalue weighted by Gasteiger charge is 2.07. The van der Waals surface area contributed by atoms with Gasteiger partial charge in [-0.15, -0.1) is 11.6 Å². The van der Waals surface area contributed by atoms with E-state index in [1.54, 1.807) is 12.3 Å². The summed E-state index contributed by atoms with van der Waals surface area (Å²) in [7, 11) is 3.94. The highest BCUT2D eigenvalue weighted by Crippen LogP contribution is 2.29. The van der Waals surface area contributed by atoms with Crippen LogP contribution in [0.3, 0.4) is 0 Å². The average molecular weight is 297 g/mol. The molecule has 0 fully saturated rings. The standard InChI is InChI=1S/C14H14Cl2N2O/c1-18(2)11-4-3-5-12(7-11)19-14-13(16)6-10(8-15)9-17-14/h3-7,9H,8H2,1-2H3. The van der Waals surface area contributed by atoms with Gasteiger partial charge in [-0.1, -0.05) is 17.7 Å². The zero-order chi connectivity index (χ0) is 13.8. The smallest absolute Gasteiger partial charge is 0.238 e. The third kappa shape index (κ3) is 3.52. The lowest BCUT2D eigenvalue weighted by molar-refractivity contribution is 0.463. The molecule has 1 aromatic heterocycles. The van der Waals surface area contributed by atoms with E-state index in [4.69, 9.17) is 27.9 Å². The summed E-state index contributed by atoms with van der Waals surface area (Å²) in [6.07, 6.45) is 1.66. The molecule has 0 aliphatic rings. The molecule has 0 spiro atoms. The van der Waals surface area contributed by atoms with Crippen molar-refractivity contribution in [2.75, 3.05) is 19.0 Å². The van der Waals surface area contributed by atoms with Crippen LogP contribution in [0, 0.1) is 0 Å². The lowest BCUT2D eigenvalue weighted by Gasteiger charge is -2.14. The van der Waals surface area contributed by atoms with Crippen LogP contribution < -0.4 is 9.64 Å². The highest BCUT2D eigenvalue weighted by atomic mass is 35.5. The Bertz CT molecular complexity index is 573. The minimum atomic E-state index is 0.378. The van der Waals surface area contributed by atoms with E-state index in [0.717, 1.165) is 11.3 Å². The molecule has 0 saturated heterocycles. The number of alkyl halides is 1. The van der Waals surface area contributed by atoms with Gasteiger partial charge in [0, 0.05) is 37.9 Å². The van der Waals surface area contributed by atoms with Gasteiger partial charge in [0.2, 0.25) is 5.88 Å². The summed E-state index contributed by atoms with van der Waals surface area (Å²) in [6, 6.07) is 9.46. The molecule has 100 valence electrons. The molecular formula is C14H14Cl2N2O. The van der Waals surface area contributed by atoms with Crippen LogP contribution in [0.15, 0.2) is 36.5 Å². The Morgan fingerprint density at radius 3 is 2.68 bits per heavy atom. The van der Waals surface area contributed by atoms with E-state index in [9.17, 15) is 0 Å². The Hall–Kier alpha value is -1.45. The number of anilines is 1. The highest BCUT2D eigenvalue weighted by molar-refractivity contribution is 6.32. The van der Waals surface area contributed by atoms with Crippen molar-refractivity contribution >= 4 is 28.9 Å². The molecule has 0 N–H and O–H groups in total. The summed E-state index contributed by atoms with van der Waals surface area (Å²) in [6.45, 7) is 0. The van der Waals surface area contributed by atoms with Gasteiger partial charge in [-0.2, -0.15) is 0 Å². The summed E-state index contributed by atoms with van der Waals surface area (Å²) < 4.78 is 5.69. The molecule has 0 aliphatic heterocycles. The zero-order valence-corrected chi connectivity index (χ0v) is 12.2. The lowest BCUT2D eigenvalue weighted by atomic mass is 10.3. The Morgan fingerprint density at radius 2 is 2.05 bits per heavy atom. The number of hydrogen-bond acceptors (Lipinski definition) is 3. The summed E-state index contributed by atoms with van der Waals surface area (Å²) in [5.41, 5.74) is 1.91. The Kier molecular flexibility index (Phi) is 4.51. The van der Waals surface area contributed by atoms with Crippen molar-refractivity contribution in [1.82, 2.24) is 4.98 Å². The van der Waals surface area contributed by atoms with E-state index in [1.165, 1.54) is 0 Å². The van der Waals surface area contributed by atoms with Crippen LogP contribution in [-0.2, 0) is 5.88 Å². The predicted molar refractivity (Wildman–Crippen MR) is 79.6 cm³/mol. The molecule has 1 aromatic carbocycles. The van der Waals surface area contributed by atoms with Crippen LogP contribution in [0.25, 0.3) is 0 Å². The quantitative estimate of drug-likeness (QED) is 0.785. The number of nitrogens with zero attached hydrogens (tertiary/aromatic N) is 2. The fourth-order valence-corrected chi connectivity index (χ4v) is 1.92. The van der Waals surface area contributed by atoms with Gasteiger partial charge in [0.25, 0.3) is 0 Å². The Balaban J connectivity index is 2.23. The molecule has 2 aromatic rings. The van der Waals surface area contributed by atoms with Crippen molar-refractivity contribution in [1.29, 1.82) is 0 Å². The van der Waals surface area contributed by atoms with E-state index < -0.39 is 0 Å². The van der Waals surface area contributed by atoms with Crippen molar-refractivity contribution in [3.63, 3.8) is 0 Å². The second-order valence-corrected chi connectivity index (χ2v) is 4.93. The number of benzene rings is 1. The van der Waals surface area contributed by atoms with Crippen LogP contribution in [0.5, 0.6) is 11.6 Å². The third-order valence-electron chi connectivity index (χ3n) is 2.57. The molecule has 0 bridgehead atoms. The van der Waals surface area contributed by atoms with E-state index in [1.807, 2.05) is 43.3 Å². The normalized spacial score (nSPS) is 10.3. The molecular weight excluding hydrogens is 283 g/mol. The maximum Gasteiger partial charge on any atom is 0.238 e. The predicted octanol–water partition coefficient (Wildman–Crippen LogP) is 4.33. The zero-order valence-electron chi connectivity index (χ0n) is 10.7. The second kappa shape index (κ2) is 6.13. The number of ether oxygens (including phenoxy) is 1. The SMILES string of the molecule is CN(C)c1cccc(Oc2ncc(CCl)cc2Cl)c1. The average Bonchev–Trinajstić information content (AvgIpc) is 2.41. The summed E-state index contributed by atoms with van der Waals surface area (Å²) in [4.78, 5) is 6.17. The lowest BCUT2D eigenvalue weighted by Crippen LogP contribution is -2.08. The van der Waals surface area contributed by atoms with Gasteiger partial charge in [0.05, 0.1) is 0 Å². The molecule has 1 heterocycles. The minimum Gasteiger partial charge on any atom is -0.437 e. The van der Waals surface area contributed by atoms with Crippen molar-refractivity contribution in [3.05, 3.63) is 47.1 Å². The number of aromatic nitrogens is 1. The monoisotopic (exact) mass is 296 g/mol. The van der Waals surface area contributed by atoms with Gasteiger partial charge in [0.15, 0.2) is 0 Å². The van der Waals surface area contributed by atoms with Gasteiger partial charge in [-0.25, -0.2) is 4.98 Å². The first-order chi connectivity index (χ1) is 9.10. The van der Waals surface area contributed by atoms with Crippen LogP contribution in [-0.4, -0.2) is 19.1 Å². The Morgan fingerprint density at radius 1 is 1.26 bits per heavy atom. The molecule has 0 atom stereocenters. The second-order valence-electron chi connectivity index (χ2n) is 4.26. The summed E-state index contributed by atoms with van der Waals surface area (Å²) >= 11 is 11.8. The fourth-order valence-electron chi connectivity index (χ4n) is 1.55. The first kappa shape index (κ1) is 14.0. The molecule has 19 heavy (non-hydrogen) atoms. The fraction of sp³-hybridized carbons (Fsp3) is 0.214. The number of halogens is 2. The maximum atomic E-state index is 6.10. The van der Waals surface area contributed by atoms with Crippen molar-refractivity contribution in [3.8, 4) is 11.6 Å². The Labute approximate surface area is 122 Å². The van der Waals surface area contributed by atoms with E-state index in [-0.39, 0.29) is 0 Å². The number of rotatable bonds is 4. The largest absolute Gasteiger partial charge is 0.437 e. The third-order valence-corrected chi connectivity index (χ3v) is 3.15. The van der Waals surface area contributed by atoms with Crippen LogP contribution >= 0.6 is 23.2 Å². The molecule has 3 nitrogen and oxygen atoms in total. The van der Waals surface area contributed by atoms with Crippen molar-refractivity contribution in [2.24, 2.45) is 0 Å².